The maximum Gasteiger partial charge on any atom is 0.408 e. The Balaban J connectivity index is 2.68. The number of ether oxygens (including phenoxy) is 1. The van der Waals surface area contributed by atoms with Crippen molar-refractivity contribution in [2.24, 2.45) is 0 Å². The molecular weight excluding hydrogens is 369 g/mol. The monoisotopic (exact) mass is 389 g/mol. The van der Waals surface area contributed by atoms with Crippen LogP contribution in [0, 0.1) is 3.57 Å². The third-order valence-corrected chi connectivity index (χ3v) is 3.25. The van der Waals surface area contributed by atoms with Crippen LogP contribution in [0.5, 0.6) is 0 Å². The Bertz CT molecular complexity index is 477. The van der Waals surface area contributed by atoms with Crippen molar-refractivity contribution in [2.45, 2.75) is 45.8 Å². The first-order valence-electron chi connectivity index (χ1n) is 6.42. The van der Waals surface area contributed by atoms with Crippen molar-refractivity contribution in [1.29, 1.82) is 0 Å². The third-order valence-electron chi connectivity index (χ3n) is 2.53. The minimum absolute atomic E-state index is 0.0885. The largest absolute Gasteiger partial charge is 0.444 e. The van der Waals surface area contributed by atoms with Crippen molar-refractivity contribution in [1.82, 2.24) is 5.32 Å². The number of carbonyl (C=O) groups is 2. The van der Waals surface area contributed by atoms with Gasteiger partial charge in [0.2, 0.25) is 0 Å². The second kappa shape index (κ2) is 7.06. The van der Waals surface area contributed by atoms with E-state index in [-0.39, 0.29) is 5.78 Å². The molecule has 20 heavy (non-hydrogen) atoms. The number of hydrogen-bond donors (Lipinski definition) is 1. The number of halogens is 1. The van der Waals surface area contributed by atoms with E-state index in [1.807, 2.05) is 24.3 Å². The average Bonchev–Trinajstić information content (AvgIpc) is 2.28. The number of amides is 1. The summed E-state index contributed by atoms with van der Waals surface area (Å²) in [7, 11) is 0. The smallest absolute Gasteiger partial charge is 0.408 e. The van der Waals surface area contributed by atoms with Gasteiger partial charge in [0.25, 0.3) is 0 Å². The average molecular weight is 389 g/mol. The maximum atomic E-state index is 11.7. The highest BCUT2D eigenvalue weighted by molar-refractivity contribution is 14.1. The molecule has 0 aliphatic rings. The molecule has 110 valence electrons. The summed E-state index contributed by atoms with van der Waals surface area (Å²) in [4.78, 5) is 23.4. The van der Waals surface area contributed by atoms with Crippen LogP contribution in [-0.2, 0) is 16.0 Å². The lowest BCUT2D eigenvalue weighted by atomic mass is 10.0. The second-order valence-corrected chi connectivity index (χ2v) is 6.89. The standard InChI is InChI=1S/C15H20INO3/c1-10(18)13(17-14(19)20-15(2,3)4)9-11-5-7-12(16)8-6-11/h5-8,13H,9H2,1-4H3,(H,17,19). The van der Waals surface area contributed by atoms with Crippen LogP contribution in [0.1, 0.15) is 33.3 Å². The molecule has 1 amide bonds. The van der Waals surface area contributed by atoms with E-state index < -0.39 is 17.7 Å². The first-order chi connectivity index (χ1) is 9.17. The van der Waals surface area contributed by atoms with Gasteiger partial charge in [-0.05, 0) is 74.4 Å². The zero-order valence-corrected chi connectivity index (χ0v) is 14.4. The van der Waals surface area contributed by atoms with Crippen LogP contribution in [0.4, 0.5) is 4.79 Å². The number of alkyl carbamates (subject to hydrolysis) is 1. The van der Waals surface area contributed by atoms with E-state index in [2.05, 4.69) is 27.9 Å². The first-order valence-corrected chi connectivity index (χ1v) is 7.49. The Kier molecular flexibility index (Phi) is 5.98. The molecule has 0 spiro atoms. The lowest BCUT2D eigenvalue weighted by Crippen LogP contribution is -2.43. The van der Waals surface area contributed by atoms with E-state index >= 15 is 0 Å². The molecule has 0 aliphatic heterocycles. The van der Waals surface area contributed by atoms with Gasteiger partial charge in [0.1, 0.15) is 5.60 Å². The van der Waals surface area contributed by atoms with Crippen molar-refractivity contribution < 1.29 is 14.3 Å². The summed E-state index contributed by atoms with van der Waals surface area (Å²) >= 11 is 2.22. The summed E-state index contributed by atoms with van der Waals surface area (Å²) in [6.07, 6.45) is -0.103. The number of hydrogen-bond acceptors (Lipinski definition) is 3. The molecule has 1 aromatic carbocycles. The van der Waals surface area contributed by atoms with Gasteiger partial charge in [-0.2, -0.15) is 0 Å². The van der Waals surface area contributed by atoms with Crippen molar-refractivity contribution in [3.05, 3.63) is 33.4 Å². The molecule has 0 aromatic heterocycles. The Morgan fingerprint density at radius 3 is 2.25 bits per heavy atom. The van der Waals surface area contributed by atoms with Crippen molar-refractivity contribution in [2.75, 3.05) is 0 Å². The minimum atomic E-state index is -0.575. The number of benzene rings is 1. The SMILES string of the molecule is CC(=O)C(Cc1ccc(I)cc1)NC(=O)OC(C)(C)C. The van der Waals surface area contributed by atoms with Gasteiger partial charge in [0.15, 0.2) is 5.78 Å². The van der Waals surface area contributed by atoms with E-state index in [1.54, 1.807) is 20.8 Å². The molecule has 1 rings (SSSR count). The summed E-state index contributed by atoms with van der Waals surface area (Å²) < 4.78 is 6.30. The zero-order chi connectivity index (χ0) is 15.3. The highest BCUT2D eigenvalue weighted by atomic mass is 127. The van der Waals surface area contributed by atoms with Gasteiger partial charge < -0.3 is 10.1 Å². The normalized spacial score (nSPS) is 12.7. The predicted octanol–water partition coefficient (Wildman–Crippen LogP) is 3.32. The summed E-state index contributed by atoms with van der Waals surface area (Å²) in [5, 5.41) is 2.62. The Morgan fingerprint density at radius 1 is 1.25 bits per heavy atom. The van der Waals surface area contributed by atoms with E-state index in [0.717, 1.165) is 9.13 Å². The third kappa shape index (κ3) is 6.36. The molecule has 4 nitrogen and oxygen atoms in total. The maximum absolute atomic E-state index is 11.7. The molecular formula is C15H20INO3. The number of nitrogens with one attached hydrogen (secondary N) is 1. The minimum Gasteiger partial charge on any atom is -0.444 e. The van der Waals surface area contributed by atoms with Crippen molar-refractivity contribution in [3.63, 3.8) is 0 Å². The lowest BCUT2D eigenvalue weighted by molar-refractivity contribution is -0.119. The van der Waals surface area contributed by atoms with Crippen LogP contribution in [0.15, 0.2) is 24.3 Å². The van der Waals surface area contributed by atoms with Gasteiger partial charge >= 0.3 is 6.09 Å². The highest BCUT2D eigenvalue weighted by Crippen LogP contribution is 2.11. The van der Waals surface area contributed by atoms with Gasteiger partial charge in [-0.3, -0.25) is 4.79 Å². The zero-order valence-electron chi connectivity index (χ0n) is 12.2. The molecule has 5 heteroatoms. The molecule has 0 fully saturated rings. The fourth-order valence-corrected chi connectivity index (χ4v) is 1.96. The molecule has 0 aliphatic carbocycles. The highest BCUT2D eigenvalue weighted by Gasteiger charge is 2.22. The topological polar surface area (TPSA) is 55.4 Å². The molecule has 0 saturated heterocycles. The van der Waals surface area contributed by atoms with Crippen molar-refractivity contribution in [3.8, 4) is 0 Å². The number of Topliss-reactive ketones (excluding diaryl/α,β-unsaturated/α-hetero) is 1. The van der Waals surface area contributed by atoms with Crippen LogP contribution >= 0.6 is 22.6 Å². The van der Waals surface area contributed by atoms with Crippen LogP contribution in [0.25, 0.3) is 0 Å². The van der Waals surface area contributed by atoms with Gasteiger partial charge in [-0.15, -0.1) is 0 Å². The summed E-state index contributed by atoms with van der Waals surface area (Å²) in [5.74, 6) is -0.0885. The summed E-state index contributed by atoms with van der Waals surface area (Å²) in [6, 6.07) is 7.29. The molecule has 1 aromatic rings. The lowest BCUT2D eigenvalue weighted by Gasteiger charge is -2.22. The van der Waals surface area contributed by atoms with Gasteiger partial charge in [-0.1, -0.05) is 12.1 Å². The number of rotatable bonds is 4. The predicted molar refractivity (Wildman–Crippen MR) is 86.7 cm³/mol. The van der Waals surface area contributed by atoms with E-state index in [4.69, 9.17) is 4.74 Å². The van der Waals surface area contributed by atoms with Crippen LogP contribution in [-0.4, -0.2) is 23.5 Å². The van der Waals surface area contributed by atoms with Gasteiger partial charge in [0, 0.05) is 3.57 Å². The molecule has 1 unspecified atom stereocenters. The van der Waals surface area contributed by atoms with Crippen molar-refractivity contribution >= 4 is 34.5 Å². The van der Waals surface area contributed by atoms with E-state index in [9.17, 15) is 9.59 Å². The molecule has 1 atom stereocenters. The van der Waals surface area contributed by atoms with Crippen LogP contribution < -0.4 is 5.32 Å². The Hall–Kier alpha value is -1.11. The fraction of sp³-hybridized carbons (Fsp3) is 0.467. The molecule has 0 saturated carbocycles. The van der Waals surface area contributed by atoms with Crippen LogP contribution in [0.3, 0.4) is 0 Å². The number of carbonyl (C=O) groups excluding carboxylic acids is 2. The molecule has 0 radical (unpaired) electrons. The second-order valence-electron chi connectivity index (χ2n) is 5.64. The van der Waals surface area contributed by atoms with Gasteiger partial charge in [-0.25, -0.2) is 4.79 Å². The van der Waals surface area contributed by atoms with E-state index in [1.165, 1.54) is 6.92 Å². The first kappa shape index (κ1) is 16.9. The Labute approximate surface area is 133 Å². The summed E-state index contributed by atoms with van der Waals surface area (Å²) in [5.41, 5.74) is 0.426. The number of ketones is 1. The molecule has 0 heterocycles. The Morgan fingerprint density at radius 2 is 1.80 bits per heavy atom. The van der Waals surface area contributed by atoms with E-state index in [0.29, 0.717) is 6.42 Å². The molecule has 0 bridgehead atoms. The van der Waals surface area contributed by atoms with Gasteiger partial charge in [0.05, 0.1) is 6.04 Å². The summed E-state index contributed by atoms with van der Waals surface area (Å²) in [6.45, 7) is 6.83. The quantitative estimate of drug-likeness (QED) is 0.804. The molecule has 1 N–H and O–H groups in total. The fourth-order valence-electron chi connectivity index (χ4n) is 1.60. The van der Waals surface area contributed by atoms with Crippen LogP contribution in [0.2, 0.25) is 0 Å².